The summed E-state index contributed by atoms with van der Waals surface area (Å²) >= 11 is 0. The lowest BCUT2D eigenvalue weighted by atomic mass is 9.53. The first-order chi connectivity index (χ1) is 8.23. The first kappa shape index (κ1) is 10.6. The molecule has 0 radical (unpaired) electrons. The zero-order valence-corrected chi connectivity index (χ0v) is 9.82. The number of rotatable bonds is 2. The van der Waals surface area contributed by atoms with E-state index in [1.165, 1.54) is 38.5 Å². The monoisotopic (exact) mass is 228 g/mol. The molecule has 17 heavy (non-hydrogen) atoms. The number of nitriles is 2. The topological polar surface area (TPSA) is 72.0 Å². The number of hydrogen-bond acceptors (Lipinski definition) is 4. The second kappa shape index (κ2) is 3.74. The van der Waals surface area contributed by atoms with Crippen molar-refractivity contribution in [2.24, 2.45) is 22.9 Å². The van der Waals surface area contributed by atoms with Crippen LogP contribution in [0.1, 0.15) is 38.5 Å². The van der Waals surface area contributed by atoms with E-state index in [1.54, 1.807) is 0 Å². The highest BCUT2D eigenvalue weighted by molar-refractivity contribution is 6.10. The highest BCUT2D eigenvalue weighted by Gasteiger charge is 2.51. The van der Waals surface area contributed by atoms with Crippen LogP contribution < -0.4 is 5.43 Å². The standard InChI is InChI=1S/C13H16N4/c14-7-12(8-15)16-17-13-4-9-1-10(5-13)3-11(2-9)6-13/h9-11,17H,1-6H2. The van der Waals surface area contributed by atoms with Crippen molar-refractivity contribution >= 4 is 5.71 Å². The summed E-state index contributed by atoms with van der Waals surface area (Å²) in [6, 6.07) is 3.62. The molecule has 0 amide bonds. The minimum Gasteiger partial charge on any atom is -0.302 e. The average molecular weight is 228 g/mol. The lowest BCUT2D eigenvalue weighted by Gasteiger charge is -2.56. The maximum absolute atomic E-state index is 8.70. The van der Waals surface area contributed by atoms with Crippen LogP contribution in [0.5, 0.6) is 0 Å². The van der Waals surface area contributed by atoms with Gasteiger partial charge in [-0.05, 0) is 56.3 Å². The Labute approximate surface area is 101 Å². The normalized spacial score (nSPS) is 41.4. The summed E-state index contributed by atoms with van der Waals surface area (Å²) in [6.07, 6.45) is 7.67. The lowest BCUT2D eigenvalue weighted by Crippen LogP contribution is -2.57. The van der Waals surface area contributed by atoms with E-state index in [-0.39, 0.29) is 11.3 Å². The number of nitrogens with zero attached hydrogens (tertiary/aromatic N) is 3. The molecule has 4 fully saturated rings. The predicted octanol–water partition coefficient (Wildman–Crippen LogP) is 1.95. The fraction of sp³-hybridized carbons (Fsp3) is 0.769. The summed E-state index contributed by atoms with van der Waals surface area (Å²) in [4.78, 5) is 0. The summed E-state index contributed by atoms with van der Waals surface area (Å²) in [6.45, 7) is 0. The Morgan fingerprint density at radius 3 is 1.88 bits per heavy atom. The zero-order valence-electron chi connectivity index (χ0n) is 9.82. The van der Waals surface area contributed by atoms with E-state index in [1.807, 2.05) is 12.1 Å². The molecule has 0 unspecified atom stereocenters. The van der Waals surface area contributed by atoms with Gasteiger partial charge in [0.15, 0.2) is 0 Å². The molecular formula is C13H16N4. The first-order valence-electron chi connectivity index (χ1n) is 6.38. The van der Waals surface area contributed by atoms with Gasteiger partial charge in [-0.2, -0.15) is 15.6 Å². The van der Waals surface area contributed by atoms with Crippen LogP contribution in [0.25, 0.3) is 0 Å². The van der Waals surface area contributed by atoms with Gasteiger partial charge in [0.2, 0.25) is 5.71 Å². The summed E-state index contributed by atoms with van der Waals surface area (Å²) in [7, 11) is 0. The van der Waals surface area contributed by atoms with Crippen molar-refractivity contribution in [1.29, 1.82) is 10.5 Å². The van der Waals surface area contributed by atoms with Crippen molar-refractivity contribution in [3.63, 3.8) is 0 Å². The SMILES string of the molecule is N#CC(C#N)=NNC12CC3CC(CC(C3)C1)C2. The summed E-state index contributed by atoms with van der Waals surface area (Å²) < 4.78 is 0. The molecule has 4 aliphatic rings. The van der Waals surface area contributed by atoms with Crippen LogP contribution in [0.15, 0.2) is 5.10 Å². The van der Waals surface area contributed by atoms with Gasteiger partial charge in [0.25, 0.3) is 0 Å². The van der Waals surface area contributed by atoms with Crippen LogP contribution in [-0.4, -0.2) is 11.3 Å². The van der Waals surface area contributed by atoms with Gasteiger partial charge in [0, 0.05) is 0 Å². The Morgan fingerprint density at radius 1 is 1.00 bits per heavy atom. The molecule has 4 nitrogen and oxygen atoms in total. The van der Waals surface area contributed by atoms with Crippen LogP contribution in [-0.2, 0) is 0 Å². The molecule has 0 spiro atoms. The molecule has 0 atom stereocenters. The van der Waals surface area contributed by atoms with Crippen molar-refractivity contribution in [3.8, 4) is 12.1 Å². The van der Waals surface area contributed by atoms with Crippen molar-refractivity contribution in [2.75, 3.05) is 0 Å². The molecule has 88 valence electrons. The second-order valence-electron chi connectivity index (χ2n) is 5.99. The largest absolute Gasteiger partial charge is 0.302 e. The quantitative estimate of drug-likeness (QED) is 0.580. The van der Waals surface area contributed by atoms with Crippen molar-refractivity contribution in [3.05, 3.63) is 0 Å². The molecule has 0 heterocycles. The molecule has 4 bridgehead atoms. The van der Waals surface area contributed by atoms with Gasteiger partial charge in [-0.3, -0.25) is 0 Å². The molecule has 0 aromatic heterocycles. The van der Waals surface area contributed by atoms with E-state index in [2.05, 4.69) is 10.5 Å². The maximum atomic E-state index is 8.70. The third-order valence-corrected chi connectivity index (χ3v) is 4.65. The van der Waals surface area contributed by atoms with Crippen LogP contribution in [0, 0.1) is 40.4 Å². The average Bonchev–Trinajstić information content (AvgIpc) is 2.28. The smallest absolute Gasteiger partial charge is 0.236 e. The molecule has 0 aromatic carbocycles. The van der Waals surface area contributed by atoms with Gasteiger partial charge in [-0.25, -0.2) is 0 Å². The molecule has 4 saturated carbocycles. The highest BCUT2D eigenvalue weighted by Crippen LogP contribution is 2.55. The van der Waals surface area contributed by atoms with E-state index in [0.29, 0.717) is 0 Å². The van der Waals surface area contributed by atoms with Crippen LogP contribution in [0.2, 0.25) is 0 Å². The third kappa shape index (κ3) is 1.78. The first-order valence-corrected chi connectivity index (χ1v) is 6.38. The van der Waals surface area contributed by atoms with Gasteiger partial charge >= 0.3 is 0 Å². The second-order valence-corrected chi connectivity index (χ2v) is 5.99. The number of nitrogens with one attached hydrogen (secondary N) is 1. The van der Waals surface area contributed by atoms with Gasteiger partial charge < -0.3 is 5.43 Å². The number of hydrogen-bond donors (Lipinski definition) is 1. The zero-order chi connectivity index (χ0) is 11.9. The molecule has 4 rings (SSSR count). The molecule has 0 aromatic rings. The summed E-state index contributed by atoms with van der Waals surface area (Å²) in [5, 5.41) is 21.4. The Morgan fingerprint density at radius 2 is 1.47 bits per heavy atom. The lowest BCUT2D eigenvalue weighted by molar-refractivity contribution is -0.0191. The Bertz CT molecular complexity index is 386. The van der Waals surface area contributed by atoms with E-state index in [0.717, 1.165) is 17.8 Å². The molecule has 0 aliphatic heterocycles. The fourth-order valence-electron chi connectivity index (χ4n) is 4.50. The van der Waals surface area contributed by atoms with Gasteiger partial charge in [0.1, 0.15) is 12.1 Å². The fourth-order valence-corrected chi connectivity index (χ4v) is 4.50. The van der Waals surface area contributed by atoms with E-state index < -0.39 is 0 Å². The molecule has 1 N–H and O–H groups in total. The van der Waals surface area contributed by atoms with Crippen molar-refractivity contribution < 1.29 is 0 Å². The molecule has 0 saturated heterocycles. The van der Waals surface area contributed by atoms with Gasteiger partial charge in [-0.15, -0.1) is 0 Å². The molecule has 4 heteroatoms. The van der Waals surface area contributed by atoms with Crippen molar-refractivity contribution in [1.82, 2.24) is 5.43 Å². The van der Waals surface area contributed by atoms with E-state index >= 15 is 0 Å². The molecular weight excluding hydrogens is 212 g/mol. The Kier molecular flexibility index (Phi) is 2.33. The molecule has 4 aliphatic carbocycles. The summed E-state index contributed by atoms with van der Waals surface area (Å²) in [5.41, 5.74) is 3.21. The third-order valence-electron chi connectivity index (χ3n) is 4.65. The van der Waals surface area contributed by atoms with Crippen LogP contribution in [0.3, 0.4) is 0 Å². The van der Waals surface area contributed by atoms with Gasteiger partial charge in [-0.1, -0.05) is 0 Å². The minimum absolute atomic E-state index is 0.0549. The van der Waals surface area contributed by atoms with Crippen molar-refractivity contribution in [2.45, 2.75) is 44.1 Å². The highest BCUT2D eigenvalue weighted by atomic mass is 15.3. The number of hydrazone groups is 1. The Hall–Kier alpha value is -1.55. The maximum Gasteiger partial charge on any atom is 0.236 e. The van der Waals surface area contributed by atoms with E-state index in [4.69, 9.17) is 10.5 Å². The van der Waals surface area contributed by atoms with Crippen LogP contribution >= 0.6 is 0 Å². The Balaban J connectivity index is 1.77. The van der Waals surface area contributed by atoms with Gasteiger partial charge in [0.05, 0.1) is 5.54 Å². The summed E-state index contributed by atoms with van der Waals surface area (Å²) in [5.74, 6) is 2.53. The predicted molar refractivity (Wildman–Crippen MR) is 62.7 cm³/mol. The van der Waals surface area contributed by atoms with E-state index in [9.17, 15) is 0 Å². The van der Waals surface area contributed by atoms with Crippen LogP contribution in [0.4, 0.5) is 0 Å². The minimum atomic E-state index is -0.0549.